The van der Waals surface area contributed by atoms with E-state index in [2.05, 4.69) is 30.2 Å². The third-order valence-electron chi connectivity index (χ3n) is 2.47. The van der Waals surface area contributed by atoms with Gasteiger partial charge in [-0.3, -0.25) is 0 Å². The Morgan fingerprint density at radius 2 is 2.18 bits per heavy atom. The molecule has 0 radical (unpaired) electrons. The normalized spacial score (nSPS) is 10.8. The zero-order valence-electron chi connectivity index (χ0n) is 8.84. The molecule has 86 valence electrons. The van der Waals surface area contributed by atoms with E-state index in [0.29, 0.717) is 23.3 Å². The molecule has 2 aromatic heterocycles. The number of H-pyrrole nitrogens is 1. The van der Waals surface area contributed by atoms with Crippen molar-refractivity contribution in [2.75, 3.05) is 11.1 Å². The number of rotatable bonds is 3. The van der Waals surface area contributed by atoms with E-state index in [1.54, 1.807) is 18.6 Å². The van der Waals surface area contributed by atoms with Crippen molar-refractivity contribution in [1.82, 2.24) is 20.3 Å². The lowest BCUT2D eigenvalue weighted by atomic mass is 10.2. The number of nitrogens with two attached hydrogens (primary N) is 1. The van der Waals surface area contributed by atoms with Crippen molar-refractivity contribution >= 4 is 22.4 Å². The van der Waals surface area contributed by atoms with Gasteiger partial charge in [-0.2, -0.15) is 0 Å². The third-order valence-corrected chi connectivity index (χ3v) is 2.47. The summed E-state index contributed by atoms with van der Waals surface area (Å²) in [7, 11) is 0. The molecule has 17 heavy (non-hydrogen) atoms. The second-order valence-corrected chi connectivity index (χ2v) is 3.59. The van der Waals surface area contributed by atoms with E-state index in [-0.39, 0.29) is 0 Å². The second-order valence-electron chi connectivity index (χ2n) is 3.59. The van der Waals surface area contributed by atoms with Crippen molar-refractivity contribution in [2.24, 2.45) is 0 Å². The molecule has 2 heterocycles. The first-order valence-electron chi connectivity index (χ1n) is 5.06. The fourth-order valence-corrected chi connectivity index (χ4v) is 1.60. The minimum atomic E-state index is 0.549. The van der Waals surface area contributed by atoms with Gasteiger partial charge >= 0.3 is 0 Å². The zero-order valence-corrected chi connectivity index (χ0v) is 8.84. The van der Waals surface area contributed by atoms with Crippen LogP contribution in [0.15, 0.2) is 29.3 Å². The quantitative estimate of drug-likeness (QED) is 0.582. The molecule has 0 bridgehead atoms. The molecule has 1 aromatic carbocycles. The summed E-state index contributed by atoms with van der Waals surface area (Å²) >= 11 is 0. The molecule has 0 amide bonds. The van der Waals surface area contributed by atoms with Gasteiger partial charge in [0.2, 0.25) is 0 Å². The van der Waals surface area contributed by atoms with Crippen LogP contribution >= 0.6 is 0 Å². The van der Waals surface area contributed by atoms with Crippen LogP contribution in [0.2, 0.25) is 0 Å². The van der Waals surface area contributed by atoms with E-state index in [9.17, 15) is 0 Å². The van der Waals surface area contributed by atoms with Crippen LogP contribution < -0.4 is 11.1 Å². The summed E-state index contributed by atoms with van der Waals surface area (Å²) in [5.74, 6) is 0. The Labute approximate surface area is 96.0 Å². The minimum absolute atomic E-state index is 0.549. The highest BCUT2D eigenvalue weighted by molar-refractivity contribution is 5.94. The van der Waals surface area contributed by atoms with Crippen LogP contribution in [0.5, 0.6) is 0 Å². The molecule has 7 heteroatoms. The lowest BCUT2D eigenvalue weighted by Gasteiger charge is -2.05. The van der Waals surface area contributed by atoms with Crippen molar-refractivity contribution in [3.63, 3.8) is 0 Å². The van der Waals surface area contributed by atoms with Crippen LogP contribution in [0.1, 0.15) is 5.69 Å². The number of anilines is 2. The van der Waals surface area contributed by atoms with Crippen LogP contribution in [-0.2, 0) is 6.54 Å². The molecule has 3 aromatic rings. The smallest absolute Gasteiger partial charge is 0.160 e. The molecule has 0 saturated heterocycles. The highest BCUT2D eigenvalue weighted by Gasteiger charge is 2.09. The average Bonchev–Trinajstić information content (AvgIpc) is 2.99. The Kier molecular flexibility index (Phi) is 2.14. The fourth-order valence-electron chi connectivity index (χ4n) is 1.60. The van der Waals surface area contributed by atoms with Crippen LogP contribution in [0.25, 0.3) is 11.0 Å². The number of hydrogen-bond donors (Lipinski definition) is 3. The topological polar surface area (TPSA) is 106 Å². The maximum Gasteiger partial charge on any atom is 0.160 e. The molecule has 0 aliphatic carbocycles. The van der Waals surface area contributed by atoms with Crippen LogP contribution in [0.4, 0.5) is 11.4 Å². The summed E-state index contributed by atoms with van der Waals surface area (Å²) in [6.07, 6.45) is 3.38. The summed E-state index contributed by atoms with van der Waals surface area (Å²) in [6, 6.07) is 3.61. The molecule has 4 N–H and O–H groups in total. The number of nitrogens with zero attached hydrogens (tertiary/aromatic N) is 3. The second kappa shape index (κ2) is 3.78. The molecular formula is C10H10N6O. The van der Waals surface area contributed by atoms with Crippen LogP contribution in [0.3, 0.4) is 0 Å². The predicted molar refractivity (Wildman–Crippen MR) is 62.1 cm³/mol. The maximum absolute atomic E-state index is 5.75. The number of aromatic nitrogens is 4. The van der Waals surface area contributed by atoms with Crippen molar-refractivity contribution in [3.05, 3.63) is 30.4 Å². The monoisotopic (exact) mass is 230 g/mol. The standard InChI is InChI=1S/C10H10N6O/c11-7-1-2-8(10-9(7)15-17-16-10)13-4-6-3-12-5-14-6/h1-3,5,13H,4,11H2,(H,12,14). The summed E-state index contributed by atoms with van der Waals surface area (Å²) in [5, 5.41) is 10.8. The number of hydrogen-bond acceptors (Lipinski definition) is 6. The van der Waals surface area contributed by atoms with E-state index in [1.807, 2.05) is 6.07 Å². The molecule has 0 unspecified atom stereocenters. The summed E-state index contributed by atoms with van der Waals surface area (Å²) in [6.45, 7) is 0.617. The van der Waals surface area contributed by atoms with Gasteiger partial charge in [-0.1, -0.05) is 0 Å². The molecule has 0 atom stereocenters. The first-order chi connectivity index (χ1) is 8.34. The zero-order chi connectivity index (χ0) is 11.7. The summed E-state index contributed by atoms with van der Waals surface area (Å²) < 4.78 is 4.68. The number of nitrogens with one attached hydrogen (secondary N) is 2. The van der Waals surface area contributed by atoms with E-state index >= 15 is 0 Å². The highest BCUT2D eigenvalue weighted by Crippen LogP contribution is 2.25. The van der Waals surface area contributed by atoms with E-state index in [1.165, 1.54) is 0 Å². The Morgan fingerprint density at radius 3 is 3.00 bits per heavy atom. The van der Waals surface area contributed by atoms with Gasteiger partial charge in [-0.05, 0) is 22.4 Å². The molecule has 0 aliphatic rings. The molecule has 0 fully saturated rings. The lowest BCUT2D eigenvalue weighted by molar-refractivity contribution is 0.316. The van der Waals surface area contributed by atoms with Gasteiger partial charge in [-0.15, -0.1) is 0 Å². The van der Waals surface area contributed by atoms with Gasteiger partial charge in [0.25, 0.3) is 0 Å². The van der Waals surface area contributed by atoms with E-state index in [0.717, 1.165) is 11.4 Å². The van der Waals surface area contributed by atoms with Crippen LogP contribution in [-0.4, -0.2) is 20.3 Å². The van der Waals surface area contributed by atoms with Gasteiger partial charge in [-0.25, -0.2) is 9.61 Å². The van der Waals surface area contributed by atoms with Crippen molar-refractivity contribution < 1.29 is 4.63 Å². The van der Waals surface area contributed by atoms with Crippen LogP contribution in [0, 0.1) is 0 Å². The molecule has 7 nitrogen and oxygen atoms in total. The molecule has 3 rings (SSSR count). The SMILES string of the molecule is Nc1ccc(NCc2cnc[nH]2)c2nonc12. The predicted octanol–water partition coefficient (Wildman–Crippen LogP) is 1.14. The average molecular weight is 230 g/mol. The fraction of sp³-hybridized carbons (Fsp3) is 0.100. The Bertz CT molecular complexity index is 629. The van der Waals surface area contributed by atoms with Crippen molar-refractivity contribution in [3.8, 4) is 0 Å². The van der Waals surface area contributed by atoms with Gasteiger partial charge in [0, 0.05) is 6.20 Å². The maximum atomic E-state index is 5.75. The number of benzene rings is 1. The lowest BCUT2D eigenvalue weighted by Crippen LogP contribution is -2.00. The van der Waals surface area contributed by atoms with E-state index in [4.69, 9.17) is 5.73 Å². The molecule has 0 saturated carbocycles. The summed E-state index contributed by atoms with van der Waals surface area (Å²) in [5.41, 5.74) is 9.30. The minimum Gasteiger partial charge on any atom is -0.397 e. The number of aromatic amines is 1. The molecule has 0 aliphatic heterocycles. The molecular weight excluding hydrogens is 220 g/mol. The number of fused-ring (bicyclic) bond motifs is 1. The first-order valence-corrected chi connectivity index (χ1v) is 5.06. The number of nitrogen functional groups attached to an aromatic ring is 1. The third kappa shape index (κ3) is 1.67. The molecule has 0 spiro atoms. The Hall–Kier alpha value is -2.57. The largest absolute Gasteiger partial charge is 0.397 e. The van der Waals surface area contributed by atoms with Crippen molar-refractivity contribution in [1.29, 1.82) is 0 Å². The summed E-state index contributed by atoms with van der Waals surface area (Å²) in [4.78, 5) is 6.94. The Balaban J connectivity index is 1.90. The van der Waals surface area contributed by atoms with Gasteiger partial charge in [0.15, 0.2) is 11.0 Å². The number of imidazole rings is 1. The highest BCUT2D eigenvalue weighted by atomic mass is 16.6. The van der Waals surface area contributed by atoms with Crippen molar-refractivity contribution in [2.45, 2.75) is 6.54 Å². The van der Waals surface area contributed by atoms with Gasteiger partial charge in [0.05, 0.1) is 29.9 Å². The van der Waals surface area contributed by atoms with Gasteiger partial charge < -0.3 is 16.0 Å². The first kappa shape index (κ1) is 9.64. The Morgan fingerprint density at radius 1 is 1.29 bits per heavy atom. The van der Waals surface area contributed by atoms with E-state index < -0.39 is 0 Å². The van der Waals surface area contributed by atoms with Gasteiger partial charge in [0.1, 0.15) is 0 Å².